The van der Waals surface area contributed by atoms with Crippen LogP contribution < -0.4 is 0 Å². The van der Waals surface area contributed by atoms with Crippen LogP contribution in [0.5, 0.6) is 0 Å². The van der Waals surface area contributed by atoms with Crippen molar-refractivity contribution < 1.29 is 0 Å². The van der Waals surface area contributed by atoms with Crippen molar-refractivity contribution in [1.82, 2.24) is 0 Å². The number of alkyl halides is 5. The first kappa shape index (κ1) is 10.7. The molecule has 0 aliphatic heterocycles. The lowest BCUT2D eigenvalue weighted by molar-refractivity contribution is 1.14. The molecule has 0 heterocycles. The predicted molar refractivity (Wildman–Crippen MR) is 44.9 cm³/mol. The molecule has 0 aromatic heterocycles. The molecule has 0 nitrogen and oxygen atoms in total. The summed E-state index contributed by atoms with van der Waals surface area (Å²) in [6.45, 7) is 0. The summed E-state index contributed by atoms with van der Waals surface area (Å²) in [6, 6.07) is 0. The lowest BCUT2D eigenvalue weighted by atomic mass is 10.5. The Morgan fingerprint density at radius 3 is 1.44 bits per heavy atom. The van der Waals surface area contributed by atoms with Gasteiger partial charge >= 0.3 is 0 Å². The minimum atomic E-state index is -1.68. The normalized spacial score (nSPS) is 13.3. The van der Waals surface area contributed by atoms with Crippen LogP contribution in [0.15, 0.2) is 0 Å². The van der Waals surface area contributed by atoms with Crippen LogP contribution in [0.25, 0.3) is 0 Å². The van der Waals surface area contributed by atoms with E-state index in [4.69, 9.17) is 69.6 Å². The maximum Gasteiger partial charge on any atom is 0.214 e. The lowest BCUT2D eigenvalue weighted by Crippen LogP contribution is -2.16. The van der Waals surface area contributed by atoms with Gasteiger partial charge in [0, 0.05) is 0 Å². The van der Waals surface area contributed by atoms with Crippen molar-refractivity contribution >= 4 is 69.6 Å². The molecule has 0 aromatic rings. The second-order valence-corrected chi connectivity index (χ2v) is 4.93. The minimum Gasteiger partial charge on any atom is -0.109 e. The molecular formula is C3HCl6. The van der Waals surface area contributed by atoms with E-state index in [0.717, 1.165) is 0 Å². The Morgan fingerprint density at radius 2 is 1.44 bits per heavy atom. The molecule has 1 radical (unpaired) electrons. The fourth-order valence-corrected chi connectivity index (χ4v) is 1.11. The Morgan fingerprint density at radius 1 is 1.11 bits per heavy atom. The average Bonchev–Trinajstić information content (AvgIpc) is 1.62. The smallest absolute Gasteiger partial charge is 0.109 e. The number of hydrogen-bond donors (Lipinski definition) is 0. The van der Waals surface area contributed by atoms with Crippen LogP contribution in [-0.2, 0) is 0 Å². The Hall–Kier alpha value is 1.74. The summed E-state index contributed by atoms with van der Waals surface area (Å²) in [5.74, 6) is 0. The van der Waals surface area contributed by atoms with Gasteiger partial charge in [0.15, 0.2) is 0 Å². The van der Waals surface area contributed by atoms with Gasteiger partial charge in [-0.15, -0.1) is 34.8 Å². The van der Waals surface area contributed by atoms with Crippen molar-refractivity contribution in [3.05, 3.63) is 5.38 Å². The summed E-state index contributed by atoms with van der Waals surface area (Å²) in [5.41, 5.74) is 0. The predicted octanol–water partition coefficient (Wildman–Crippen LogP) is 3.93. The molecule has 0 bridgehead atoms. The van der Waals surface area contributed by atoms with Crippen molar-refractivity contribution in [2.45, 2.75) is 8.63 Å². The van der Waals surface area contributed by atoms with Crippen LogP contribution >= 0.6 is 69.6 Å². The first-order valence-electron chi connectivity index (χ1n) is 1.73. The van der Waals surface area contributed by atoms with Crippen LogP contribution in [0.2, 0.25) is 0 Å². The summed E-state index contributed by atoms with van der Waals surface area (Å²) in [5, 5.41) is -0.115. The molecule has 6 heteroatoms. The minimum absolute atomic E-state index is 0.115. The maximum absolute atomic E-state index is 5.35. The molecule has 0 atom stereocenters. The Bertz CT molecular complexity index is 82.8. The van der Waals surface area contributed by atoms with E-state index in [-0.39, 0.29) is 5.38 Å². The van der Waals surface area contributed by atoms with E-state index in [1.54, 1.807) is 0 Å². The zero-order valence-electron chi connectivity index (χ0n) is 3.85. The first-order valence-corrected chi connectivity index (χ1v) is 4.12. The number of halogens is 6. The van der Waals surface area contributed by atoms with E-state index in [1.807, 2.05) is 0 Å². The highest BCUT2D eigenvalue weighted by atomic mass is 35.6. The third-order valence-electron chi connectivity index (χ3n) is 0.462. The molecule has 0 unspecified atom stereocenters. The topological polar surface area (TPSA) is 0 Å². The third-order valence-corrected chi connectivity index (χ3v) is 2.52. The van der Waals surface area contributed by atoms with Gasteiger partial charge in [0.2, 0.25) is 3.79 Å². The highest BCUT2D eigenvalue weighted by Crippen LogP contribution is 2.43. The third kappa shape index (κ3) is 4.23. The van der Waals surface area contributed by atoms with E-state index < -0.39 is 8.63 Å². The molecule has 0 saturated carbocycles. The summed E-state index contributed by atoms with van der Waals surface area (Å²) >= 11 is 31.7. The molecule has 0 aliphatic carbocycles. The number of rotatable bonds is 1. The van der Waals surface area contributed by atoms with Crippen molar-refractivity contribution in [1.29, 1.82) is 0 Å². The van der Waals surface area contributed by atoms with Crippen LogP contribution in [0.1, 0.15) is 0 Å². The van der Waals surface area contributed by atoms with Gasteiger partial charge in [-0.1, -0.05) is 34.8 Å². The van der Waals surface area contributed by atoms with Gasteiger partial charge in [-0.25, -0.2) is 0 Å². The highest BCUT2D eigenvalue weighted by molar-refractivity contribution is 6.73. The van der Waals surface area contributed by atoms with Gasteiger partial charge in [-0.05, 0) is 0 Å². The summed E-state index contributed by atoms with van der Waals surface area (Å²) in [7, 11) is 0. The number of hydrogen-bond acceptors (Lipinski definition) is 0. The lowest BCUT2D eigenvalue weighted by Gasteiger charge is -2.16. The molecule has 0 aromatic carbocycles. The molecular weight excluding hydrogens is 249 g/mol. The average molecular weight is 250 g/mol. The largest absolute Gasteiger partial charge is 0.214 e. The molecule has 0 rings (SSSR count). The van der Waals surface area contributed by atoms with Crippen LogP contribution in [0.4, 0.5) is 0 Å². The van der Waals surface area contributed by atoms with Crippen molar-refractivity contribution in [2.24, 2.45) is 0 Å². The van der Waals surface area contributed by atoms with Crippen molar-refractivity contribution in [2.75, 3.05) is 0 Å². The Kier molecular flexibility index (Phi) is 4.70. The summed E-state index contributed by atoms with van der Waals surface area (Å²) in [6.07, 6.45) is 0. The Labute approximate surface area is 83.3 Å². The second-order valence-electron chi connectivity index (χ2n) is 1.15. The van der Waals surface area contributed by atoms with Gasteiger partial charge in [0.25, 0.3) is 0 Å². The van der Waals surface area contributed by atoms with Crippen LogP contribution in [0, 0.1) is 5.38 Å². The molecule has 0 N–H and O–H groups in total. The van der Waals surface area contributed by atoms with E-state index in [2.05, 4.69) is 0 Å². The van der Waals surface area contributed by atoms with Gasteiger partial charge in [-0.3, -0.25) is 0 Å². The fraction of sp³-hybridized carbons (Fsp3) is 0.667. The highest BCUT2D eigenvalue weighted by Gasteiger charge is 2.36. The van der Waals surface area contributed by atoms with E-state index in [0.29, 0.717) is 0 Å². The van der Waals surface area contributed by atoms with Crippen molar-refractivity contribution in [3.63, 3.8) is 0 Å². The maximum atomic E-state index is 5.35. The van der Waals surface area contributed by atoms with Gasteiger partial charge in [-0.2, -0.15) is 0 Å². The van der Waals surface area contributed by atoms with Gasteiger partial charge < -0.3 is 0 Å². The first-order chi connectivity index (χ1) is 3.85. The molecule has 0 amide bonds. The molecule has 55 valence electrons. The molecule has 9 heavy (non-hydrogen) atoms. The van der Waals surface area contributed by atoms with E-state index in [1.165, 1.54) is 0 Å². The zero-order valence-corrected chi connectivity index (χ0v) is 8.38. The molecule has 0 spiro atoms. The quantitative estimate of drug-likeness (QED) is 0.618. The fourth-order valence-electron chi connectivity index (χ4n) is 0.124. The van der Waals surface area contributed by atoms with E-state index >= 15 is 0 Å². The molecule has 0 saturated heterocycles. The van der Waals surface area contributed by atoms with Gasteiger partial charge in [0.05, 0.1) is 0 Å². The standard InChI is InChI=1S/C3HCl6/c4-1(2(5)6)3(7,8)9/h2H. The Balaban J connectivity index is 3.88. The van der Waals surface area contributed by atoms with Crippen LogP contribution in [-0.4, -0.2) is 8.63 Å². The van der Waals surface area contributed by atoms with Crippen LogP contribution in [0.3, 0.4) is 0 Å². The summed E-state index contributed by atoms with van der Waals surface area (Å²) in [4.78, 5) is -0.959. The second kappa shape index (κ2) is 3.94. The van der Waals surface area contributed by atoms with E-state index in [9.17, 15) is 0 Å². The monoisotopic (exact) mass is 247 g/mol. The van der Waals surface area contributed by atoms with Gasteiger partial charge in [0.1, 0.15) is 10.2 Å². The zero-order chi connectivity index (χ0) is 7.65. The van der Waals surface area contributed by atoms with Crippen molar-refractivity contribution in [3.8, 4) is 0 Å². The molecule has 0 fully saturated rings. The SMILES string of the molecule is Cl[C](C(Cl)Cl)C(Cl)(Cl)Cl. The summed E-state index contributed by atoms with van der Waals surface area (Å²) < 4.78 is -1.68. The molecule has 0 aliphatic rings.